The van der Waals surface area contributed by atoms with Gasteiger partial charge in [-0.3, -0.25) is 20.2 Å². The lowest BCUT2D eigenvalue weighted by Crippen LogP contribution is -2.21. The van der Waals surface area contributed by atoms with E-state index in [0.717, 1.165) is 0 Å². The molecule has 0 bridgehead atoms. The number of nitro groups is 1. The number of nitrogens with zero attached hydrogens (tertiary/aromatic N) is 1. The van der Waals surface area contributed by atoms with E-state index in [1.165, 1.54) is 30.4 Å². The Bertz CT molecular complexity index is 588. The van der Waals surface area contributed by atoms with Crippen molar-refractivity contribution in [1.82, 2.24) is 10.6 Å². The molecule has 1 amide bonds. The van der Waals surface area contributed by atoms with Crippen LogP contribution in [0.25, 0.3) is 6.08 Å². The van der Waals surface area contributed by atoms with Crippen LogP contribution in [-0.4, -0.2) is 15.9 Å². The van der Waals surface area contributed by atoms with Crippen molar-refractivity contribution in [1.29, 1.82) is 0 Å². The number of amides is 1. The van der Waals surface area contributed by atoms with E-state index in [-0.39, 0.29) is 16.9 Å². The molecule has 18 heavy (non-hydrogen) atoms. The van der Waals surface area contributed by atoms with Gasteiger partial charge in [0.05, 0.1) is 6.07 Å². The van der Waals surface area contributed by atoms with Gasteiger partial charge in [-0.05, 0) is 30.4 Å². The van der Waals surface area contributed by atoms with Gasteiger partial charge < -0.3 is 9.73 Å². The van der Waals surface area contributed by atoms with Crippen LogP contribution in [0.3, 0.4) is 0 Å². The molecule has 7 nitrogen and oxygen atoms in total. The summed E-state index contributed by atoms with van der Waals surface area (Å²) in [5, 5.41) is 15.7. The maximum atomic E-state index is 11.2. The quantitative estimate of drug-likeness (QED) is 0.367. The lowest BCUT2D eigenvalue weighted by molar-refractivity contribution is -0.402. The van der Waals surface area contributed by atoms with Crippen LogP contribution in [0.2, 0.25) is 0 Å². The third-order valence-electron chi connectivity index (χ3n) is 2.04. The molecular formula is C10H7N3O4S. The Labute approximate surface area is 106 Å². The van der Waals surface area contributed by atoms with Crippen LogP contribution in [-0.2, 0) is 4.79 Å². The van der Waals surface area contributed by atoms with Crippen LogP contribution >= 0.6 is 12.2 Å². The molecule has 1 aliphatic rings. The Hall–Kier alpha value is -2.48. The van der Waals surface area contributed by atoms with Gasteiger partial charge in [0.2, 0.25) is 0 Å². The Morgan fingerprint density at radius 1 is 1.39 bits per heavy atom. The Balaban J connectivity index is 2.07. The lowest BCUT2D eigenvalue weighted by atomic mass is 10.3. The van der Waals surface area contributed by atoms with E-state index < -0.39 is 4.92 Å². The summed E-state index contributed by atoms with van der Waals surface area (Å²) in [4.78, 5) is 21.0. The van der Waals surface area contributed by atoms with Gasteiger partial charge in [-0.2, -0.15) is 0 Å². The molecule has 0 radical (unpaired) electrons. The van der Waals surface area contributed by atoms with Gasteiger partial charge >= 0.3 is 5.88 Å². The minimum absolute atomic E-state index is 0.244. The molecule has 1 aromatic heterocycles. The van der Waals surface area contributed by atoms with Crippen molar-refractivity contribution in [2.75, 3.05) is 0 Å². The molecule has 1 aromatic rings. The first-order chi connectivity index (χ1) is 8.56. The molecule has 0 spiro atoms. The molecule has 1 saturated heterocycles. The highest BCUT2D eigenvalue weighted by Crippen LogP contribution is 2.16. The average Bonchev–Trinajstić information content (AvgIpc) is 2.87. The van der Waals surface area contributed by atoms with Gasteiger partial charge in [-0.1, -0.05) is 6.08 Å². The van der Waals surface area contributed by atoms with E-state index in [9.17, 15) is 14.9 Å². The summed E-state index contributed by atoms with van der Waals surface area (Å²) in [5.41, 5.74) is 0.303. The summed E-state index contributed by atoms with van der Waals surface area (Å²) in [7, 11) is 0. The van der Waals surface area contributed by atoms with Crippen molar-refractivity contribution in [2.45, 2.75) is 0 Å². The fourth-order valence-electron chi connectivity index (χ4n) is 1.27. The number of hydrogen-bond acceptors (Lipinski definition) is 5. The van der Waals surface area contributed by atoms with Gasteiger partial charge in [0.1, 0.15) is 16.4 Å². The first kappa shape index (κ1) is 12.0. The molecule has 92 valence electrons. The molecule has 2 heterocycles. The molecule has 0 aliphatic carbocycles. The van der Waals surface area contributed by atoms with Gasteiger partial charge in [0.25, 0.3) is 5.91 Å². The summed E-state index contributed by atoms with van der Waals surface area (Å²) in [6.45, 7) is 0. The number of carbonyl (C=O) groups excluding carboxylic acids is 1. The maximum Gasteiger partial charge on any atom is 0.433 e. The molecule has 8 heteroatoms. The molecular weight excluding hydrogens is 258 g/mol. The number of nitrogens with one attached hydrogen (secondary N) is 2. The number of furan rings is 1. The molecule has 2 N–H and O–H groups in total. The Morgan fingerprint density at radius 3 is 2.72 bits per heavy atom. The first-order valence-corrected chi connectivity index (χ1v) is 5.22. The Morgan fingerprint density at radius 2 is 2.17 bits per heavy atom. The summed E-state index contributed by atoms with van der Waals surface area (Å²) in [6, 6.07) is 2.71. The van der Waals surface area contributed by atoms with Crippen molar-refractivity contribution >= 4 is 35.2 Å². The second-order valence-corrected chi connectivity index (χ2v) is 3.69. The zero-order valence-electron chi connectivity index (χ0n) is 8.88. The van der Waals surface area contributed by atoms with E-state index in [1.54, 1.807) is 0 Å². The zero-order chi connectivity index (χ0) is 13.1. The smallest absolute Gasteiger partial charge is 0.401 e. The van der Waals surface area contributed by atoms with Gasteiger partial charge in [0.15, 0.2) is 5.11 Å². The highest BCUT2D eigenvalue weighted by molar-refractivity contribution is 7.80. The largest absolute Gasteiger partial charge is 0.433 e. The second kappa shape index (κ2) is 4.80. The van der Waals surface area contributed by atoms with Crippen LogP contribution < -0.4 is 10.6 Å². The molecule has 2 rings (SSSR count). The minimum atomic E-state index is -0.625. The molecule has 1 aliphatic heterocycles. The molecule has 0 unspecified atom stereocenters. The predicted molar refractivity (Wildman–Crippen MR) is 66.4 cm³/mol. The van der Waals surface area contributed by atoms with Gasteiger partial charge in [0, 0.05) is 0 Å². The highest BCUT2D eigenvalue weighted by atomic mass is 32.1. The van der Waals surface area contributed by atoms with Gasteiger partial charge in [-0.25, -0.2) is 0 Å². The summed E-state index contributed by atoms with van der Waals surface area (Å²) >= 11 is 4.75. The molecule has 0 saturated carbocycles. The number of allylic oxidation sites excluding steroid dienone is 2. The van der Waals surface area contributed by atoms with Crippen molar-refractivity contribution < 1.29 is 14.1 Å². The zero-order valence-corrected chi connectivity index (χ0v) is 9.69. The number of hydrogen-bond donors (Lipinski definition) is 2. The first-order valence-electron chi connectivity index (χ1n) is 4.81. The lowest BCUT2D eigenvalue weighted by Gasteiger charge is -1.89. The van der Waals surface area contributed by atoms with Gasteiger partial charge in [-0.15, -0.1) is 0 Å². The van der Waals surface area contributed by atoms with E-state index in [4.69, 9.17) is 16.6 Å². The van der Waals surface area contributed by atoms with Crippen LogP contribution in [0.15, 0.2) is 34.4 Å². The van der Waals surface area contributed by atoms with Crippen LogP contribution in [0, 0.1) is 10.1 Å². The summed E-state index contributed by atoms with van der Waals surface area (Å²) < 4.78 is 4.90. The monoisotopic (exact) mass is 265 g/mol. The predicted octanol–water partition coefficient (Wildman–Crippen LogP) is 1.09. The van der Waals surface area contributed by atoms with E-state index >= 15 is 0 Å². The second-order valence-electron chi connectivity index (χ2n) is 3.28. The maximum absolute atomic E-state index is 11.2. The SMILES string of the molecule is O=C1NC(=S)N/C1=C\C=C\c1ccc([N+](=O)[O-])o1. The van der Waals surface area contributed by atoms with Crippen molar-refractivity contribution in [3.05, 3.63) is 45.9 Å². The topological polar surface area (TPSA) is 97.4 Å². The number of rotatable bonds is 3. The van der Waals surface area contributed by atoms with Crippen LogP contribution in [0.1, 0.15) is 5.76 Å². The molecule has 0 atom stereocenters. The fourth-order valence-corrected chi connectivity index (χ4v) is 1.47. The Kier molecular flexibility index (Phi) is 3.20. The fraction of sp³-hybridized carbons (Fsp3) is 0. The standard InChI is InChI=1S/C10H7N3O4S/c14-9-7(11-10(18)12-9)3-1-2-6-4-5-8(17-6)13(15)16/h1-5H,(H2,11,12,14,18)/b2-1+,7-3-. The summed E-state index contributed by atoms with van der Waals surface area (Å²) in [5.74, 6) is -0.338. The van der Waals surface area contributed by atoms with Crippen LogP contribution in [0.5, 0.6) is 0 Å². The number of thiocarbonyl (C=S) groups is 1. The van der Waals surface area contributed by atoms with Crippen molar-refractivity contribution in [3.63, 3.8) is 0 Å². The molecule has 1 fully saturated rings. The third kappa shape index (κ3) is 2.61. The normalized spacial score (nSPS) is 17.2. The summed E-state index contributed by atoms with van der Waals surface area (Å²) in [6.07, 6.45) is 4.51. The van der Waals surface area contributed by atoms with E-state index in [0.29, 0.717) is 11.5 Å². The highest BCUT2D eigenvalue weighted by Gasteiger charge is 2.18. The number of carbonyl (C=O) groups is 1. The third-order valence-corrected chi connectivity index (χ3v) is 2.24. The molecule has 0 aromatic carbocycles. The van der Waals surface area contributed by atoms with Crippen molar-refractivity contribution in [2.24, 2.45) is 0 Å². The minimum Gasteiger partial charge on any atom is -0.401 e. The van der Waals surface area contributed by atoms with Crippen LogP contribution in [0.4, 0.5) is 5.88 Å². The van der Waals surface area contributed by atoms with E-state index in [2.05, 4.69) is 10.6 Å². The van der Waals surface area contributed by atoms with E-state index in [1.807, 2.05) is 0 Å². The average molecular weight is 265 g/mol. The van der Waals surface area contributed by atoms with Crippen molar-refractivity contribution in [3.8, 4) is 0 Å².